The summed E-state index contributed by atoms with van der Waals surface area (Å²) in [5.74, 6) is 0. The zero-order chi connectivity index (χ0) is 12.8. The normalized spacial score (nSPS) is 24.4. The molecule has 0 aliphatic carbocycles. The second kappa shape index (κ2) is 7.28. The van der Waals surface area contributed by atoms with Gasteiger partial charge in [-0.3, -0.25) is 9.80 Å². The summed E-state index contributed by atoms with van der Waals surface area (Å²) < 4.78 is 6.32. The van der Waals surface area contributed by atoms with Gasteiger partial charge >= 0.3 is 0 Å². The van der Waals surface area contributed by atoms with Crippen molar-refractivity contribution in [2.24, 2.45) is 0 Å². The van der Waals surface area contributed by atoms with Crippen LogP contribution in [0.2, 0.25) is 0 Å². The zero-order valence-corrected chi connectivity index (χ0v) is 12.5. The van der Waals surface area contributed by atoms with E-state index in [1.807, 2.05) is 13.2 Å². The summed E-state index contributed by atoms with van der Waals surface area (Å²) >= 11 is 3.48. The number of hydrogen-bond donors (Lipinski definition) is 1. The van der Waals surface area contributed by atoms with Gasteiger partial charge in [0.1, 0.15) is 0 Å². The summed E-state index contributed by atoms with van der Waals surface area (Å²) in [6.45, 7) is 7.57. The third-order valence-electron chi connectivity index (χ3n) is 3.47. The Morgan fingerprint density at radius 2 is 2.06 bits per heavy atom. The molecule has 4 nitrogen and oxygen atoms in total. The molecule has 2 rings (SSSR count). The first-order valence-electron chi connectivity index (χ1n) is 6.53. The predicted octanol–water partition coefficient (Wildman–Crippen LogP) is 1.01. The number of nitrogens with one attached hydrogen (secondary N) is 1. The lowest BCUT2D eigenvalue weighted by atomic mass is 10.2. The molecule has 2 aliphatic rings. The van der Waals surface area contributed by atoms with E-state index >= 15 is 0 Å². The van der Waals surface area contributed by atoms with Crippen LogP contribution in [0.4, 0.5) is 0 Å². The highest BCUT2D eigenvalue weighted by Gasteiger charge is 2.28. The van der Waals surface area contributed by atoms with Crippen LogP contribution in [0.3, 0.4) is 0 Å². The molecule has 0 radical (unpaired) electrons. The van der Waals surface area contributed by atoms with Crippen LogP contribution in [0.1, 0.15) is 0 Å². The number of nitrogens with zero attached hydrogens (tertiary/aromatic N) is 2. The topological polar surface area (TPSA) is 27.7 Å². The molecule has 0 aromatic rings. The molecule has 2 saturated heterocycles. The second-order valence-corrected chi connectivity index (χ2v) is 5.66. The second-order valence-electron chi connectivity index (χ2n) is 4.75. The maximum atomic E-state index is 5.25. The van der Waals surface area contributed by atoms with Crippen LogP contribution in [-0.2, 0) is 4.74 Å². The summed E-state index contributed by atoms with van der Waals surface area (Å²) in [6, 6.07) is 0.690. The van der Waals surface area contributed by atoms with Gasteiger partial charge in [-0.25, -0.2) is 0 Å². The van der Waals surface area contributed by atoms with Crippen molar-refractivity contribution in [1.82, 2.24) is 15.1 Å². The van der Waals surface area contributed by atoms with E-state index in [2.05, 4.69) is 43.2 Å². The van der Waals surface area contributed by atoms with Gasteiger partial charge < -0.3 is 10.1 Å². The van der Waals surface area contributed by atoms with E-state index in [0.717, 1.165) is 37.3 Å². The highest BCUT2D eigenvalue weighted by molar-refractivity contribution is 9.11. The molecule has 0 spiro atoms. The van der Waals surface area contributed by atoms with Crippen molar-refractivity contribution in [3.05, 3.63) is 22.8 Å². The van der Waals surface area contributed by atoms with E-state index in [1.54, 1.807) is 0 Å². The van der Waals surface area contributed by atoms with Crippen LogP contribution in [0.15, 0.2) is 22.8 Å². The number of allylic oxidation sites excluding steroid dienone is 2. The van der Waals surface area contributed by atoms with E-state index in [4.69, 9.17) is 4.74 Å². The highest BCUT2D eigenvalue weighted by Crippen LogP contribution is 2.13. The SMILES string of the molecule is CN/C=C(Br)\C=C/CN1CCN(C2COC2)CC1. The molecule has 0 saturated carbocycles. The van der Waals surface area contributed by atoms with Gasteiger partial charge in [0.15, 0.2) is 0 Å². The number of hydrogen-bond acceptors (Lipinski definition) is 4. The van der Waals surface area contributed by atoms with Crippen molar-refractivity contribution >= 4 is 15.9 Å². The molecule has 0 unspecified atom stereocenters. The summed E-state index contributed by atoms with van der Waals surface area (Å²) in [7, 11) is 1.90. The maximum Gasteiger partial charge on any atom is 0.0645 e. The fourth-order valence-electron chi connectivity index (χ4n) is 2.25. The standard InChI is InChI=1S/C13H22BrN3O/c1-15-9-12(14)3-2-4-16-5-7-17(8-6-16)13-10-18-11-13/h2-3,9,13,15H,4-8,10-11H2,1H3/b3-2-,12-9+. The van der Waals surface area contributed by atoms with Gasteiger partial charge in [-0.05, 0) is 22.0 Å². The van der Waals surface area contributed by atoms with Crippen LogP contribution in [0.5, 0.6) is 0 Å². The zero-order valence-electron chi connectivity index (χ0n) is 10.9. The lowest BCUT2D eigenvalue weighted by molar-refractivity contribution is -0.0761. The Kier molecular flexibility index (Phi) is 5.69. The monoisotopic (exact) mass is 315 g/mol. The van der Waals surface area contributed by atoms with Crippen molar-refractivity contribution in [3.63, 3.8) is 0 Å². The molecular weight excluding hydrogens is 294 g/mol. The molecule has 0 amide bonds. The Labute approximate surface area is 118 Å². The molecular formula is C13H22BrN3O. The number of halogens is 1. The molecule has 0 aromatic heterocycles. The van der Waals surface area contributed by atoms with Gasteiger partial charge in [-0.1, -0.05) is 6.08 Å². The van der Waals surface area contributed by atoms with E-state index in [1.165, 1.54) is 13.1 Å². The minimum atomic E-state index is 0.690. The predicted molar refractivity (Wildman–Crippen MR) is 77.8 cm³/mol. The summed E-state index contributed by atoms with van der Waals surface area (Å²) in [5.41, 5.74) is 0. The van der Waals surface area contributed by atoms with E-state index in [0.29, 0.717) is 6.04 Å². The van der Waals surface area contributed by atoms with Crippen molar-refractivity contribution in [2.75, 3.05) is 53.0 Å². The molecule has 2 aliphatic heterocycles. The Bertz CT molecular complexity index is 307. The van der Waals surface area contributed by atoms with Crippen molar-refractivity contribution in [3.8, 4) is 0 Å². The average molecular weight is 316 g/mol. The fourth-order valence-corrected chi connectivity index (χ4v) is 2.66. The molecule has 0 aromatic carbocycles. The van der Waals surface area contributed by atoms with Crippen molar-refractivity contribution < 1.29 is 4.74 Å². The fraction of sp³-hybridized carbons (Fsp3) is 0.692. The number of ether oxygens (including phenoxy) is 1. The van der Waals surface area contributed by atoms with Crippen LogP contribution in [0.25, 0.3) is 0 Å². The summed E-state index contributed by atoms with van der Waals surface area (Å²) in [6.07, 6.45) is 6.24. The van der Waals surface area contributed by atoms with E-state index in [9.17, 15) is 0 Å². The highest BCUT2D eigenvalue weighted by atomic mass is 79.9. The van der Waals surface area contributed by atoms with Crippen molar-refractivity contribution in [1.29, 1.82) is 0 Å². The van der Waals surface area contributed by atoms with E-state index in [-0.39, 0.29) is 0 Å². The first-order chi connectivity index (χ1) is 8.79. The Morgan fingerprint density at radius 3 is 2.61 bits per heavy atom. The smallest absolute Gasteiger partial charge is 0.0645 e. The molecule has 0 atom stereocenters. The lowest BCUT2D eigenvalue weighted by Gasteiger charge is -2.42. The molecule has 102 valence electrons. The van der Waals surface area contributed by atoms with Gasteiger partial charge in [-0.15, -0.1) is 0 Å². The van der Waals surface area contributed by atoms with Gasteiger partial charge in [0.2, 0.25) is 0 Å². The third-order valence-corrected chi connectivity index (χ3v) is 3.96. The molecule has 2 heterocycles. The minimum Gasteiger partial charge on any atom is -0.393 e. The molecule has 0 bridgehead atoms. The average Bonchev–Trinajstić information content (AvgIpc) is 2.29. The first-order valence-corrected chi connectivity index (χ1v) is 7.32. The number of piperazine rings is 1. The first kappa shape index (κ1) is 14.1. The molecule has 1 N–H and O–H groups in total. The Balaban J connectivity index is 1.65. The minimum absolute atomic E-state index is 0.690. The lowest BCUT2D eigenvalue weighted by Crippen LogP contribution is -2.56. The van der Waals surface area contributed by atoms with Crippen LogP contribution >= 0.6 is 15.9 Å². The summed E-state index contributed by atoms with van der Waals surface area (Å²) in [4.78, 5) is 5.05. The summed E-state index contributed by atoms with van der Waals surface area (Å²) in [5, 5.41) is 2.99. The molecule has 5 heteroatoms. The van der Waals surface area contributed by atoms with Crippen LogP contribution in [0, 0.1) is 0 Å². The van der Waals surface area contributed by atoms with Gasteiger partial charge in [0, 0.05) is 50.5 Å². The van der Waals surface area contributed by atoms with Gasteiger partial charge in [-0.2, -0.15) is 0 Å². The van der Waals surface area contributed by atoms with Crippen LogP contribution in [-0.4, -0.2) is 68.8 Å². The molecule has 18 heavy (non-hydrogen) atoms. The maximum absolute atomic E-state index is 5.25. The Hall–Kier alpha value is -0.360. The quantitative estimate of drug-likeness (QED) is 0.767. The number of rotatable bonds is 5. The van der Waals surface area contributed by atoms with E-state index < -0.39 is 0 Å². The Morgan fingerprint density at radius 1 is 1.33 bits per heavy atom. The largest absolute Gasteiger partial charge is 0.393 e. The van der Waals surface area contributed by atoms with Crippen molar-refractivity contribution in [2.45, 2.75) is 6.04 Å². The molecule has 2 fully saturated rings. The van der Waals surface area contributed by atoms with Gasteiger partial charge in [0.25, 0.3) is 0 Å². The van der Waals surface area contributed by atoms with Crippen LogP contribution < -0.4 is 5.32 Å². The van der Waals surface area contributed by atoms with Gasteiger partial charge in [0.05, 0.1) is 19.3 Å². The third kappa shape index (κ3) is 4.09.